The molecule has 2 fully saturated rings. The number of aliphatic hydroxyl groups excluding tert-OH is 1. The van der Waals surface area contributed by atoms with Gasteiger partial charge in [0.2, 0.25) is 11.8 Å². The number of nitrogens with one attached hydrogen (secondary N) is 2. The van der Waals surface area contributed by atoms with Crippen molar-refractivity contribution in [1.82, 2.24) is 19.7 Å². The number of anilines is 3. The van der Waals surface area contributed by atoms with Crippen LogP contribution in [0.1, 0.15) is 42.1 Å². The van der Waals surface area contributed by atoms with Crippen LogP contribution in [0.2, 0.25) is 10.0 Å². The van der Waals surface area contributed by atoms with Crippen molar-refractivity contribution in [2.24, 2.45) is 0 Å². The molecule has 0 bridgehead atoms. The number of carbonyl (C=O) groups is 1. The van der Waals surface area contributed by atoms with Crippen molar-refractivity contribution in [3.63, 3.8) is 0 Å². The Bertz CT molecular complexity index is 1150. The Kier molecular flexibility index (Phi) is 5.62. The number of rotatable bonds is 7. The van der Waals surface area contributed by atoms with E-state index in [0.29, 0.717) is 21.4 Å². The summed E-state index contributed by atoms with van der Waals surface area (Å²) in [5.41, 5.74) is 1.15. The number of hydrogen-bond donors (Lipinski definition) is 3. The molecule has 5 rings (SSSR count). The molecule has 0 unspecified atom stereocenters. The predicted molar refractivity (Wildman–Crippen MR) is 120 cm³/mol. The van der Waals surface area contributed by atoms with E-state index >= 15 is 0 Å². The fourth-order valence-electron chi connectivity index (χ4n) is 3.30. The van der Waals surface area contributed by atoms with E-state index in [4.69, 9.17) is 27.9 Å². The van der Waals surface area contributed by atoms with Crippen molar-refractivity contribution in [1.29, 1.82) is 0 Å². The van der Waals surface area contributed by atoms with Gasteiger partial charge in [-0.05, 0) is 37.8 Å². The molecule has 2 aliphatic rings. The maximum atomic E-state index is 12.9. The zero-order valence-corrected chi connectivity index (χ0v) is 18.3. The Morgan fingerprint density at radius 3 is 2.59 bits per heavy atom. The number of ether oxygens (including phenoxy) is 1. The summed E-state index contributed by atoms with van der Waals surface area (Å²) in [5, 5.41) is 20.5. The van der Waals surface area contributed by atoms with Crippen LogP contribution < -0.4 is 15.4 Å². The first kappa shape index (κ1) is 21.0. The molecule has 2 aliphatic carbocycles. The van der Waals surface area contributed by atoms with Crippen LogP contribution >= 0.6 is 23.2 Å². The first-order valence-corrected chi connectivity index (χ1v) is 11.0. The lowest BCUT2D eigenvalue weighted by atomic mass is 9.89. The Morgan fingerprint density at radius 2 is 1.94 bits per heavy atom. The number of amides is 1. The van der Waals surface area contributed by atoms with Gasteiger partial charge in [0.05, 0.1) is 39.8 Å². The van der Waals surface area contributed by atoms with E-state index in [1.807, 2.05) is 0 Å². The summed E-state index contributed by atoms with van der Waals surface area (Å²) in [4.78, 5) is 21.6. The van der Waals surface area contributed by atoms with Gasteiger partial charge < -0.3 is 20.5 Å². The Balaban J connectivity index is 1.36. The normalized spacial score (nSPS) is 19.8. The van der Waals surface area contributed by atoms with E-state index in [1.165, 1.54) is 6.20 Å². The zero-order chi connectivity index (χ0) is 22.2. The van der Waals surface area contributed by atoms with E-state index < -0.39 is 5.91 Å². The molecule has 2 atom stereocenters. The first-order valence-electron chi connectivity index (χ1n) is 10.3. The van der Waals surface area contributed by atoms with Crippen LogP contribution in [0.25, 0.3) is 0 Å². The van der Waals surface area contributed by atoms with Gasteiger partial charge >= 0.3 is 0 Å². The molecule has 0 radical (unpaired) electrons. The van der Waals surface area contributed by atoms with Crippen LogP contribution in [0.5, 0.6) is 5.88 Å². The summed E-state index contributed by atoms with van der Waals surface area (Å²) in [6, 6.07) is 4.95. The molecule has 0 spiro atoms. The number of carbonyl (C=O) groups excluding carboxylic acids is 1. The second-order valence-corrected chi connectivity index (χ2v) is 8.64. The smallest absolute Gasteiger partial charge is 0.262 e. The number of aromatic nitrogens is 4. The number of hydrogen-bond acceptors (Lipinski definition) is 7. The number of halogens is 2. The van der Waals surface area contributed by atoms with Gasteiger partial charge in [0.1, 0.15) is 11.7 Å². The molecule has 1 aromatic carbocycles. The van der Waals surface area contributed by atoms with Crippen molar-refractivity contribution in [2.45, 2.75) is 43.9 Å². The Morgan fingerprint density at radius 1 is 1.16 bits per heavy atom. The highest BCUT2D eigenvalue weighted by molar-refractivity contribution is 6.40. The van der Waals surface area contributed by atoms with Crippen LogP contribution in [-0.2, 0) is 0 Å². The molecule has 0 aliphatic heterocycles. The number of aliphatic hydroxyl groups is 1. The minimum atomic E-state index is -0.478. The fraction of sp³-hybridized carbons (Fsp3) is 0.333. The minimum absolute atomic E-state index is 0.0112. The number of nitrogens with zero attached hydrogens (tertiary/aromatic N) is 4. The molecule has 3 N–H and O–H groups in total. The monoisotopic (exact) mass is 474 g/mol. The molecular weight excluding hydrogens is 455 g/mol. The number of benzene rings is 1. The molecule has 11 heteroatoms. The van der Waals surface area contributed by atoms with Gasteiger partial charge in [0, 0.05) is 12.4 Å². The van der Waals surface area contributed by atoms with Crippen molar-refractivity contribution >= 4 is 46.4 Å². The molecule has 32 heavy (non-hydrogen) atoms. The van der Waals surface area contributed by atoms with E-state index in [-0.39, 0.29) is 35.6 Å². The van der Waals surface area contributed by atoms with Gasteiger partial charge in [-0.15, -0.1) is 0 Å². The number of para-hydroxylation sites is 1. The lowest BCUT2D eigenvalue weighted by molar-refractivity contribution is 0.0254. The van der Waals surface area contributed by atoms with Crippen molar-refractivity contribution in [3.8, 4) is 5.88 Å². The summed E-state index contributed by atoms with van der Waals surface area (Å²) in [6.07, 6.45) is 7.94. The third-order valence-electron chi connectivity index (χ3n) is 5.40. The van der Waals surface area contributed by atoms with Crippen LogP contribution in [-0.4, -0.2) is 43.0 Å². The Hall–Kier alpha value is -2.88. The van der Waals surface area contributed by atoms with Gasteiger partial charge in [-0.25, -0.2) is 4.98 Å². The lowest BCUT2D eigenvalue weighted by Gasteiger charge is -2.32. The van der Waals surface area contributed by atoms with E-state index in [1.54, 1.807) is 35.3 Å². The molecule has 0 saturated heterocycles. The van der Waals surface area contributed by atoms with Gasteiger partial charge in [-0.1, -0.05) is 29.3 Å². The highest BCUT2D eigenvalue weighted by Gasteiger charge is 2.31. The van der Waals surface area contributed by atoms with Crippen LogP contribution in [0.15, 0.2) is 36.8 Å². The second kappa shape index (κ2) is 8.57. The van der Waals surface area contributed by atoms with Gasteiger partial charge in [-0.3, -0.25) is 9.48 Å². The summed E-state index contributed by atoms with van der Waals surface area (Å²) >= 11 is 12.3. The molecule has 1 amide bonds. The largest absolute Gasteiger partial charge is 0.474 e. The van der Waals surface area contributed by atoms with Crippen molar-refractivity contribution in [3.05, 3.63) is 52.4 Å². The average molecular weight is 475 g/mol. The molecule has 2 saturated carbocycles. The average Bonchev–Trinajstić information content (AvgIpc) is 3.47. The van der Waals surface area contributed by atoms with Gasteiger partial charge in [-0.2, -0.15) is 10.1 Å². The zero-order valence-electron chi connectivity index (χ0n) is 16.8. The third kappa shape index (κ3) is 4.36. The van der Waals surface area contributed by atoms with Crippen LogP contribution in [0.4, 0.5) is 17.3 Å². The highest BCUT2D eigenvalue weighted by Crippen LogP contribution is 2.34. The molecule has 9 nitrogen and oxygen atoms in total. The fourth-order valence-corrected chi connectivity index (χ4v) is 3.79. The van der Waals surface area contributed by atoms with Crippen LogP contribution in [0, 0.1) is 0 Å². The maximum absolute atomic E-state index is 12.9. The van der Waals surface area contributed by atoms with Gasteiger partial charge in [0.15, 0.2) is 0 Å². The van der Waals surface area contributed by atoms with Crippen molar-refractivity contribution in [2.75, 3.05) is 10.6 Å². The van der Waals surface area contributed by atoms with Gasteiger partial charge in [0.25, 0.3) is 5.91 Å². The second-order valence-electron chi connectivity index (χ2n) is 7.83. The quantitative estimate of drug-likeness (QED) is 0.469. The summed E-state index contributed by atoms with van der Waals surface area (Å²) in [6.45, 7) is 0. The molecule has 2 aromatic heterocycles. The molecule has 166 valence electrons. The SMILES string of the molecule is O=C(Nc1c(Cl)cccc1Cl)c1cnc(Nc2cnn([C@@H]3CC[C@@H]3O)c2)nc1OC1CC1. The van der Waals surface area contributed by atoms with E-state index in [0.717, 1.165) is 25.7 Å². The highest BCUT2D eigenvalue weighted by atomic mass is 35.5. The first-order chi connectivity index (χ1) is 15.5. The maximum Gasteiger partial charge on any atom is 0.262 e. The topological polar surface area (TPSA) is 114 Å². The summed E-state index contributed by atoms with van der Waals surface area (Å²) < 4.78 is 7.60. The lowest BCUT2D eigenvalue weighted by Crippen LogP contribution is -2.33. The minimum Gasteiger partial charge on any atom is -0.474 e. The van der Waals surface area contributed by atoms with E-state index in [9.17, 15) is 9.90 Å². The van der Waals surface area contributed by atoms with Crippen LogP contribution in [0.3, 0.4) is 0 Å². The predicted octanol–water partition coefficient (Wildman–Crippen LogP) is 4.21. The summed E-state index contributed by atoms with van der Waals surface area (Å²) in [5.74, 6) is -0.0387. The third-order valence-corrected chi connectivity index (χ3v) is 6.03. The van der Waals surface area contributed by atoms with Crippen molar-refractivity contribution < 1.29 is 14.6 Å². The molecule has 3 aromatic rings. The molecular formula is C21H20Cl2N6O3. The standard InChI is InChI=1S/C21H20Cl2N6O3/c22-14-2-1-3-15(23)18(14)27-19(31)13-9-24-21(28-20(13)32-12-4-5-12)26-11-8-25-29(10-11)16-6-7-17(16)30/h1-3,8-10,12,16-17,30H,4-7H2,(H,27,31)(H,24,26,28)/t16-,17+/m1/s1. The summed E-state index contributed by atoms with van der Waals surface area (Å²) in [7, 11) is 0. The Labute approximate surface area is 193 Å². The molecule has 2 heterocycles. The van der Waals surface area contributed by atoms with E-state index in [2.05, 4.69) is 25.7 Å².